The van der Waals surface area contributed by atoms with E-state index < -0.39 is 15.6 Å². The van der Waals surface area contributed by atoms with Crippen molar-refractivity contribution in [3.05, 3.63) is 24.3 Å². The number of amides is 1. The number of hydrogen-bond acceptors (Lipinski definition) is 5. The summed E-state index contributed by atoms with van der Waals surface area (Å²) in [4.78, 5) is 14.6. The molecular weight excluding hydrogens is 370 g/mol. The number of thioether (sulfide) groups is 1. The van der Waals surface area contributed by atoms with E-state index in [0.29, 0.717) is 35.3 Å². The lowest BCUT2D eigenvalue weighted by Gasteiger charge is -2.26. The summed E-state index contributed by atoms with van der Waals surface area (Å²) in [6, 6.07) is 6.08. The summed E-state index contributed by atoms with van der Waals surface area (Å²) in [6.45, 7) is 2.74. The molecule has 1 aromatic rings. The Labute approximate surface area is 151 Å². The minimum atomic E-state index is -3.01. The van der Waals surface area contributed by atoms with Gasteiger partial charge in [0, 0.05) is 16.6 Å². The second kappa shape index (κ2) is 8.95. The maximum absolute atomic E-state index is 12.3. The molecule has 1 atom stereocenters. The van der Waals surface area contributed by atoms with Crippen molar-refractivity contribution in [3.63, 3.8) is 0 Å². The number of carbonyl (C=O) groups is 1. The van der Waals surface area contributed by atoms with E-state index in [9.17, 15) is 22.0 Å². The van der Waals surface area contributed by atoms with Gasteiger partial charge in [0.2, 0.25) is 5.91 Å². The fourth-order valence-corrected chi connectivity index (χ4v) is 5.11. The molecule has 140 valence electrons. The summed E-state index contributed by atoms with van der Waals surface area (Å²) >= 11 is 0.449. The van der Waals surface area contributed by atoms with Gasteiger partial charge in [0.25, 0.3) is 5.76 Å². The van der Waals surface area contributed by atoms with Gasteiger partial charge in [-0.1, -0.05) is 18.7 Å². The Morgan fingerprint density at radius 1 is 1.36 bits per heavy atom. The Morgan fingerprint density at radius 3 is 2.56 bits per heavy atom. The minimum absolute atomic E-state index is 0.0971. The van der Waals surface area contributed by atoms with Gasteiger partial charge >= 0.3 is 0 Å². The zero-order valence-electron chi connectivity index (χ0n) is 14.0. The van der Waals surface area contributed by atoms with Crippen molar-refractivity contribution in [2.75, 3.05) is 29.9 Å². The van der Waals surface area contributed by atoms with Gasteiger partial charge in [-0.05, 0) is 43.7 Å². The first-order valence-corrected chi connectivity index (χ1v) is 10.8. The van der Waals surface area contributed by atoms with Gasteiger partial charge in [0.05, 0.1) is 18.1 Å². The van der Waals surface area contributed by atoms with Crippen LogP contribution in [-0.4, -0.2) is 55.6 Å². The van der Waals surface area contributed by atoms with E-state index in [2.05, 4.69) is 5.32 Å². The Morgan fingerprint density at radius 2 is 2.04 bits per heavy atom. The summed E-state index contributed by atoms with van der Waals surface area (Å²) in [5.74, 6) is -2.46. The molecule has 1 aliphatic heterocycles. The van der Waals surface area contributed by atoms with Crippen molar-refractivity contribution in [1.29, 1.82) is 0 Å². The van der Waals surface area contributed by atoms with Crippen LogP contribution < -0.4 is 5.32 Å². The van der Waals surface area contributed by atoms with Crippen molar-refractivity contribution in [1.82, 2.24) is 4.90 Å². The molecule has 0 radical (unpaired) electrons. The van der Waals surface area contributed by atoms with Gasteiger partial charge in [-0.25, -0.2) is 8.42 Å². The molecule has 1 aliphatic rings. The highest BCUT2D eigenvalue weighted by Gasteiger charge is 2.32. The van der Waals surface area contributed by atoms with Crippen LogP contribution in [0.1, 0.15) is 19.8 Å². The quantitative estimate of drug-likeness (QED) is 0.689. The Balaban J connectivity index is 1.92. The van der Waals surface area contributed by atoms with E-state index in [4.69, 9.17) is 0 Å². The number of sulfone groups is 1. The topological polar surface area (TPSA) is 66.5 Å². The third-order valence-electron chi connectivity index (χ3n) is 3.95. The molecule has 1 aromatic carbocycles. The highest BCUT2D eigenvalue weighted by Crippen LogP contribution is 2.26. The number of nitrogens with zero attached hydrogens (tertiary/aromatic N) is 1. The maximum Gasteiger partial charge on any atom is 0.288 e. The predicted octanol–water partition coefficient (Wildman–Crippen LogP) is 2.84. The van der Waals surface area contributed by atoms with Gasteiger partial charge in [-0.3, -0.25) is 9.69 Å². The Hall–Kier alpha value is -1.19. The van der Waals surface area contributed by atoms with E-state index in [1.807, 2.05) is 11.8 Å². The van der Waals surface area contributed by atoms with Crippen molar-refractivity contribution in [2.45, 2.75) is 36.5 Å². The first kappa shape index (κ1) is 20.1. The number of benzene rings is 1. The molecule has 1 N–H and O–H groups in total. The smallest absolute Gasteiger partial charge is 0.288 e. The minimum Gasteiger partial charge on any atom is -0.325 e. The first-order chi connectivity index (χ1) is 11.8. The van der Waals surface area contributed by atoms with Crippen LogP contribution in [-0.2, 0) is 14.6 Å². The van der Waals surface area contributed by atoms with Crippen molar-refractivity contribution in [2.24, 2.45) is 0 Å². The van der Waals surface area contributed by atoms with E-state index in [1.165, 1.54) is 12.1 Å². The molecule has 0 spiro atoms. The number of halogens is 2. The fourth-order valence-electron chi connectivity index (χ4n) is 2.85. The van der Waals surface area contributed by atoms with Gasteiger partial charge in [-0.2, -0.15) is 8.78 Å². The number of nitrogens with one attached hydrogen (secondary N) is 1. The third-order valence-corrected chi connectivity index (χ3v) is 6.42. The molecule has 0 aliphatic carbocycles. The molecule has 5 nitrogen and oxygen atoms in total. The lowest BCUT2D eigenvalue weighted by atomic mass is 10.2. The molecule has 2 rings (SSSR count). The number of alkyl halides is 2. The monoisotopic (exact) mass is 392 g/mol. The van der Waals surface area contributed by atoms with Gasteiger partial charge < -0.3 is 5.32 Å². The van der Waals surface area contributed by atoms with E-state index in [-0.39, 0.29) is 30.0 Å². The Kier molecular flexibility index (Phi) is 7.21. The van der Waals surface area contributed by atoms with Gasteiger partial charge in [0.15, 0.2) is 9.84 Å². The average molecular weight is 392 g/mol. The number of carbonyl (C=O) groups excluding carboxylic acids is 1. The molecule has 0 bridgehead atoms. The summed E-state index contributed by atoms with van der Waals surface area (Å²) in [6.07, 6.45) is 1.37. The highest BCUT2D eigenvalue weighted by molar-refractivity contribution is 7.99. The van der Waals surface area contributed by atoms with Gasteiger partial charge in [-0.15, -0.1) is 0 Å². The first-order valence-electron chi connectivity index (χ1n) is 8.08. The van der Waals surface area contributed by atoms with Crippen molar-refractivity contribution in [3.8, 4) is 0 Å². The molecule has 25 heavy (non-hydrogen) atoms. The van der Waals surface area contributed by atoms with Crippen LogP contribution in [0.15, 0.2) is 29.2 Å². The molecule has 1 saturated heterocycles. The highest BCUT2D eigenvalue weighted by atomic mass is 32.2. The standard InChI is InChI=1S/C16H22F2N2O3S2/c1-2-8-20(13-7-9-25(22,23)11-13)10-15(21)19-12-3-5-14(6-4-12)24-16(17)18/h3-6,13,16H,2,7-11H2,1H3,(H,19,21). The van der Waals surface area contributed by atoms with Crippen LogP contribution in [0.2, 0.25) is 0 Å². The predicted molar refractivity (Wildman–Crippen MR) is 95.9 cm³/mol. The molecule has 9 heteroatoms. The second-order valence-corrected chi connectivity index (χ2v) is 9.27. The molecule has 1 amide bonds. The summed E-state index contributed by atoms with van der Waals surface area (Å²) in [7, 11) is -3.01. The molecule has 1 heterocycles. The van der Waals surface area contributed by atoms with E-state index >= 15 is 0 Å². The molecule has 1 unspecified atom stereocenters. The number of hydrogen-bond donors (Lipinski definition) is 1. The van der Waals surface area contributed by atoms with Crippen LogP contribution in [0.3, 0.4) is 0 Å². The number of rotatable bonds is 8. The lowest BCUT2D eigenvalue weighted by molar-refractivity contribution is -0.117. The van der Waals surface area contributed by atoms with E-state index in [1.54, 1.807) is 12.1 Å². The number of anilines is 1. The maximum atomic E-state index is 12.3. The average Bonchev–Trinajstić information content (AvgIpc) is 2.88. The summed E-state index contributed by atoms with van der Waals surface area (Å²) in [5.41, 5.74) is 0.527. The van der Waals surface area contributed by atoms with Crippen molar-refractivity contribution < 1.29 is 22.0 Å². The van der Waals surface area contributed by atoms with Crippen LogP contribution in [0.4, 0.5) is 14.5 Å². The summed E-state index contributed by atoms with van der Waals surface area (Å²) < 4.78 is 47.9. The zero-order valence-corrected chi connectivity index (χ0v) is 15.6. The zero-order chi connectivity index (χ0) is 18.4. The summed E-state index contributed by atoms with van der Waals surface area (Å²) in [5, 5.41) is 2.73. The SMILES string of the molecule is CCCN(CC(=O)Nc1ccc(SC(F)F)cc1)C1CCS(=O)(=O)C1. The van der Waals surface area contributed by atoms with Crippen molar-refractivity contribution >= 4 is 33.2 Å². The fraction of sp³-hybridized carbons (Fsp3) is 0.562. The molecular formula is C16H22F2N2O3S2. The van der Waals surface area contributed by atoms with Crippen LogP contribution in [0.5, 0.6) is 0 Å². The van der Waals surface area contributed by atoms with Crippen LogP contribution >= 0.6 is 11.8 Å². The van der Waals surface area contributed by atoms with Crippen LogP contribution in [0, 0.1) is 0 Å². The largest absolute Gasteiger partial charge is 0.325 e. The lowest BCUT2D eigenvalue weighted by Crippen LogP contribution is -2.42. The second-order valence-electron chi connectivity index (χ2n) is 5.98. The molecule has 0 aromatic heterocycles. The van der Waals surface area contributed by atoms with E-state index in [0.717, 1.165) is 6.42 Å². The third kappa shape index (κ3) is 6.56. The normalized spacial score (nSPS) is 19.5. The molecule has 1 fully saturated rings. The Bertz CT molecular complexity index is 681. The van der Waals surface area contributed by atoms with Gasteiger partial charge in [0.1, 0.15) is 0 Å². The molecule has 0 saturated carbocycles. The van der Waals surface area contributed by atoms with Crippen LogP contribution in [0.25, 0.3) is 0 Å².